The molecule has 2 aromatic rings. The van der Waals surface area contributed by atoms with Crippen LogP contribution in [-0.4, -0.2) is 26.2 Å². The van der Waals surface area contributed by atoms with E-state index in [9.17, 15) is 18.5 Å². The number of sulfone groups is 1. The van der Waals surface area contributed by atoms with E-state index in [0.29, 0.717) is 10.6 Å². The quantitative estimate of drug-likeness (QED) is 0.711. The number of carbonyl (C=O) groups excluding carboxylic acids is 1. The molecule has 0 aliphatic heterocycles. The maximum absolute atomic E-state index is 13.3. The topological polar surface area (TPSA) is 84.2 Å². The molecule has 3 rings (SSSR count). The van der Waals surface area contributed by atoms with Crippen molar-refractivity contribution < 1.29 is 17.9 Å². The Morgan fingerprint density at radius 2 is 1.93 bits per heavy atom. The molecule has 2 aromatic carbocycles. The van der Waals surface area contributed by atoms with E-state index in [4.69, 9.17) is 16.3 Å². The van der Waals surface area contributed by atoms with Crippen molar-refractivity contribution in [2.45, 2.75) is 29.9 Å². The summed E-state index contributed by atoms with van der Waals surface area (Å²) in [6.07, 6.45) is 0. The van der Waals surface area contributed by atoms with E-state index < -0.39 is 32.4 Å². The molecule has 140 valence electrons. The average Bonchev–Trinajstić information content (AvgIpc) is 3.34. The summed E-state index contributed by atoms with van der Waals surface area (Å²) in [5.74, 6) is -1.66. The Labute approximate surface area is 163 Å². The van der Waals surface area contributed by atoms with Gasteiger partial charge >= 0.3 is 5.97 Å². The molecule has 0 amide bonds. The van der Waals surface area contributed by atoms with Crippen LogP contribution in [0.3, 0.4) is 0 Å². The van der Waals surface area contributed by atoms with Crippen LogP contribution in [0.5, 0.6) is 0 Å². The van der Waals surface area contributed by atoms with Crippen LogP contribution >= 0.6 is 11.6 Å². The fourth-order valence-corrected chi connectivity index (χ4v) is 5.91. The van der Waals surface area contributed by atoms with Crippen LogP contribution in [0.2, 0.25) is 5.02 Å². The Balaban J connectivity index is 2.14. The molecule has 0 spiro atoms. The first kappa shape index (κ1) is 19.4. The van der Waals surface area contributed by atoms with E-state index in [0.717, 1.165) is 5.56 Å². The molecule has 0 aromatic heterocycles. The molecule has 3 atom stereocenters. The molecule has 0 N–H and O–H groups in total. The third-order valence-electron chi connectivity index (χ3n) is 4.82. The molecular weight excluding hydrogens is 386 g/mol. The third-order valence-corrected chi connectivity index (χ3v) is 7.30. The van der Waals surface area contributed by atoms with Gasteiger partial charge in [-0.1, -0.05) is 41.4 Å². The molecular formula is C20H18ClNO4S. The van der Waals surface area contributed by atoms with Crippen molar-refractivity contribution in [2.24, 2.45) is 5.41 Å². The van der Waals surface area contributed by atoms with Gasteiger partial charge in [-0.2, -0.15) is 5.26 Å². The summed E-state index contributed by atoms with van der Waals surface area (Å²) < 4.78 is 31.6. The fraction of sp³-hybridized carbons (Fsp3) is 0.300. The minimum Gasteiger partial charge on any atom is -0.465 e. The monoisotopic (exact) mass is 403 g/mol. The van der Waals surface area contributed by atoms with Gasteiger partial charge in [-0.25, -0.2) is 8.42 Å². The lowest BCUT2D eigenvalue weighted by Gasteiger charge is -2.09. The van der Waals surface area contributed by atoms with Crippen molar-refractivity contribution in [2.75, 3.05) is 6.61 Å². The largest absolute Gasteiger partial charge is 0.465 e. The van der Waals surface area contributed by atoms with E-state index in [1.807, 2.05) is 13.0 Å². The molecule has 7 heteroatoms. The van der Waals surface area contributed by atoms with Crippen LogP contribution in [0.1, 0.15) is 24.0 Å². The zero-order chi connectivity index (χ0) is 19.8. The standard InChI is InChI=1S/C20H18ClNO4S/c1-3-26-19(23)20(12-22)17(14-5-4-6-15(21)11-14)18(20)27(24,25)16-9-7-13(2)8-10-16/h4-11,17-18H,3H2,1-2H3/t17-,18+,20-/m1/s1. The van der Waals surface area contributed by atoms with Crippen LogP contribution in [0.25, 0.3) is 0 Å². The van der Waals surface area contributed by atoms with E-state index in [1.54, 1.807) is 43.3 Å². The Morgan fingerprint density at radius 1 is 1.26 bits per heavy atom. The highest BCUT2D eigenvalue weighted by Gasteiger charge is 2.77. The number of nitriles is 1. The van der Waals surface area contributed by atoms with Crippen LogP contribution in [0, 0.1) is 23.7 Å². The summed E-state index contributed by atoms with van der Waals surface area (Å²) >= 11 is 6.04. The Morgan fingerprint density at radius 3 is 2.48 bits per heavy atom. The first-order valence-electron chi connectivity index (χ1n) is 8.43. The van der Waals surface area contributed by atoms with Crippen molar-refractivity contribution in [3.8, 4) is 6.07 Å². The Kier molecular flexibility index (Phi) is 5.02. The summed E-state index contributed by atoms with van der Waals surface area (Å²) in [6, 6.07) is 14.9. The van der Waals surface area contributed by atoms with Gasteiger partial charge in [0.15, 0.2) is 15.3 Å². The first-order valence-corrected chi connectivity index (χ1v) is 10.4. The van der Waals surface area contributed by atoms with Crippen molar-refractivity contribution >= 4 is 27.4 Å². The molecule has 0 heterocycles. The molecule has 27 heavy (non-hydrogen) atoms. The van der Waals surface area contributed by atoms with Crippen molar-refractivity contribution in [1.82, 2.24) is 0 Å². The minimum absolute atomic E-state index is 0.0574. The second-order valence-electron chi connectivity index (χ2n) is 6.51. The number of esters is 1. The molecule has 1 aliphatic carbocycles. The maximum atomic E-state index is 13.3. The fourth-order valence-electron chi connectivity index (χ4n) is 3.46. The van der Waals surface area contributed by atoms with E-state index in [1.165, 1.54) is 12.1 Å². The van der Waals surface area contributed by atoms with Gasteiger partial charge in [0.25, 0.3) is 0 Å². The van der Waals surface area contributed by atoms with Crippen LogP contribution in [-0.2, 0) is 19.4 Å². The van der Waals surface area contributed by atoms with Crippen LogP contribution < -0.4 is 0 Å². The molecule has 1 aliphatic rings. The van der Waals surface area contributed by atoms with Gasteiger partial charge in [-0.15, -0.1) is 0 Å². The summed E-state index contributed by atoms with van der Waals surface area (Å²) in [7, 11) is -3.94. The Hall–Kier alpha value is -2.36. The van der Waals surface area contributed by atoms with Gasteiger partial charge in [0, 0.05) is 10.9 Å². The predicted octanol–water partition coefficient (Wildman–Crippen LogP) is 3.66. The summed E-state index contributed by atoms with van der Waals surface area (Å²) in [6.45, 7) is 3.52. The number of halogens is 1. The highest BCUT2D eigenvalue weighted by Crippen LogP contribution is 2.64. The minimum atomic E-state index is -3.94. The first-order chi connectivity index (χ1) is 12.8. The van der Waals surface area contributed by atoms with Crippen molar-refractivity contribution in [1.29, 1.82) is 5.26 Å². The number of aryl methyl sites for hydroxylation is 1. The van der Waals surface area contributed by atoms with E-state index in [2.05, 4.69) is 0 Å². The van der Waals surface area contributed by atoms with Gasteiger partial charge in [-0.05, 0) is 43.7 Å². The molecule has 1 fully saturated rings. The lowest BCUT2D eigenvalue weighted by molar-refractivity contribution is -0.147. The van der Waals surface area contributed by atoms with E-state index in [-0.39, 0.29) is 11.5 Å². The SMILES string of the molecule is CCOC(=O)[C@]1(C#N)[C@H](c2cccc(Cl)c2)[C@@H]1S(=O)(=O)c1ccc(C)cc1. The predicted molar refractivity (Wildman–Crippen MR) is 101 cm³/mol. The maximum Gasteiger partial charge on any atom is 0.328 e. The van der Waals surface area contributed by atoms with Crippen molar-refractivity contribution in [3.05, 3.63) is 64.7 Å². The molecule has 5 nitrogen and oxygen atoms in total. The number of hydrogen-bond donors (Lipinski definition) is 0. The summed E-state index contributed by atoms with van der Waals surface area (Å²) in [5, 5.41) is 9.01. The molecule has 0 radical (unpaired) electrons. The molecule has 0 saturated heterocycles. The number of rotatable bonds is 5. The lowest BCUT2D eigenvalue weighted by atomic mass is 10.0. The zero-order valence-corrected chi connectivity index (χ0v) is 16.4. The highest BCUT2D eigenvalue weighted by molar-refractivity contribution is 7.92. The smallest absolute Gasteiger partial charge is 0.328 e. The van der Waals surface area contributed by atoms with Crippen LogP contribution in [0.15, 0.2) is 53.4 Å². The number of nitrogens with zero attached hydrogens (tertiary/aromatic N) is 1. The second kappa shape index (κ2) is 6.99. The van der Waals surface area contributed by atoms with Gasteiger partial charge in [0.2, 0.25) is 0 Å². The molecule has 0 unspecified atom stereocenters. The summed E-state index contributed by atoms with van der Waals surface area (Å²) in [5.41, 5.74) is -0.351. The second-order valence-corrected chi connectivity index (χ2v) is 9.02. The van der Waals surface area contributed by atoms with Crippen molar-refractivity contribution in [3.63, 3.8) is 0 Å². The van der Waals surface area contributed by atoms with Gasteiger partial charge in [0.1, 0.15) is 5.25 Å². The molecule has 0 bridgehead atoms. The number of ether oxygens (including phenoxy) is 1. The number of hydrogen-bond acceptors (Lipinski definition) is 5. The number of benzene rings is 2. The highest BCUT2D eigenvalue weighted by atomic mass is 35.5. The van der Waals surface area contributed by atoms with E-state index >= 15 is 0 Å². The van der Waals surface area contributed by atoms with Gasteiger partial charge in [-0.3, -0.25) is 4.79 Å². The number of carbonyl (C=O) groups is 1. The molecule has 1 saturated carbocycles. The Bertz CT molecular complexity index is 1030. The van der Waals surface area contributed by atoms with Gasteiger partial charge in [0.05, 0.1) is 17.6 Å². The third kappa shape index (κ3) is 3.11. The summed E-state index contributed by atoms with van der Waals surface area (Å²) in [4.78, 5) is 12.7. The average molecular weight is 404 g/mol. The van der Waals surface area contributed by atoms with Crippen LogP contribution in [0.4, 0.5) is 0 Å². The lowest BCUT2D eigenvalue weighted by Crippen LogP contribution is -2.25. The zero-order valence-electron chi connectivity index (χ0n) is 14.8. The van der Waals surface area contributed by atoms with Gasteiger partial charge < -0.3 is 4.74 Å². The normalized spacial score (nSPS) is 24.1.